The first-order chi connectivity index (χ1) is 13.6. The fourth-order valence-corrected chi connectivity index (χ4v) is 3.65. The van der Waals surface area contributed by atoms with Gasteiger partial charge in [-0.2, -0.15) is 5.10 Å². The summed E-state index contributed by atoms with van der Waals surface area (Å²) in [7, 11) is 2.05. The van der Waals surface area contributed by atoms with E-state index in [4.69, 9.17) is 9.62 Å². The van der Waals surface area contributed by atoms with Gasteiger partial charge in [-0.25, -0.2) is 4.39 Å². The Morgan fingerprint density at radius 2 is 2.07 bits per heavy atom. The predicted molar refractivity (Wildman–Crippen MR) is 102 cm³/mol. The molecule has 4 heterocycles. The molecule has 0 bridgehead atoms. The molecule has 0 N–H and O–H groups in total. The third-order valence-electron chi connectivity index (χ3n) is 4.89. The van der Waals surface area contributed by atoms with Crippen molar-refractivity contribution in [2.75, 3.05) is 13.6 Å². The lowest BCUT2D eigenvalue weighted by Gasteiger charge is -2.19. The smallest absolute Gasteiger partial charge is 0.146 e. The normalized spacial score (nSPS) is 15.0. The van der Waals surface area contributed by atoms with E-state index in [9.17, 15) is 4.39 Å². The lowest BCUT2D eigenvalue weighted by Crippen LogP contribution is -2.24. The Balaban J connectivity index is 1.40. The highest BCUT2D eigenvalue weighted by atomic mass is 19.1. The van der Waals surface area contributed by atoms with Crippen molar-refractivity contribution in [1.29, 1.82) is 0 Å². The fourth-order valence-electron chi connectivity index (χ4n) is 3.65. The fraction of sp³-hybridized carbons (Fsp3) is 0.450. The summed E-state index contributed by atoms with van der Waals surface area (Å²) in [4.78, 5) is 8.59. The molecule has 0 unspecified atom stereocenters. The number of aromatic nitrogens is 4. The molecule has 1 aliphatic rings. The van der Waals surface area contributed by atoms with Crippen LogP contribution >= 0.6 is 0 Å². The van der Waals surface area contributed by atoms with Crippen molar-refractivity contribution < 1.29 is 8.91 Å². The van der Waals surface area contributed by atoms with Gasteiger partial charge in [0.1, 0.15) is 11.6 Å². The SMILES string of the molecule is Cc1cc(CN(C)Cc2cc3n(n2)CCCN(Cc2ncccc2F)C3)no1. The zero-order valence-corrected chi connectivity index (χ0v) is 16.3. The van der Waals surface area contributed by atoms with Crippen molar-refractivity contribution in [3.8, 4) is 0 Å². The molecule has 0 atom stereocenters. The maximum atomic E-state index is 13.9. The molecule has 1 aliphatic heterocycles. The molecule has 0 spiro atoms. The van der Waals surface area contributed by atoms with E-state index in [1.54, 1.807) is 12.3 Å². The van der Waals surface area contributed by atoms with Crippen molar-refractivity contribution in [2.45, 2.75) is 46.1 Å². The predicted octanol–water partition coefficient (Wildman–Crippen LogP) is 2.75. The van der Waals surface area contributed by atoms with Gasteiger partial charge in [-0.15, -0.1) is 0 Å². The third-order valence-corrected chi connectivity index (χ3v) is 4.89. The number of fused-ring (bicyclic) bond motifs is 1. The molecule has 28 heavy (non-hydrogen) atoms. The highest BCUT2D eigenvalue weighted by Crippen LogP contribution is 2.18. The average Bonchev–Trinajstić information content (AvgIpc) is 3.17. The molecule has 0 aliphatic carbocycles. The Kier molecular flexibility index (Phi) is 5.50. The van der Waals surface area contributed by atoms with Crippen molar-refractivity contribution in [3.63, 3.8) is 0 Å². The number of rotatable bonds is 6. The Morgan fingerprint density at radius 3 is 2.86 bits per heavy atom. The van der Waals surface area contributed by atoms with E-state index in [0.717, 1.165) is 55.4 Å². The molecule has 0 saturated carbocycles. The molecule has 0 aromatic carbocycles. The van der Waals surface area contributed by atoms with Gasteiger partial charge in [-0.3, -0.25) is 19.5 Å². The van der Waals surface area contributed by atoms with Gasteiger partial charge >= 0.3 is 0 Å². The molecular formula is C20H25FN6O. The standard InChI is InChI=1S/C20H25FN6O/c1-15-9-17(24-28-15)12-25(2)11-16-10-18-13-26(7-4-8-27(18)23-16)14-20-19(21)5-3-6-22-20/h3,5-6,9-10H,4,7-8,11-14H2,1-2H3. The van der Waals surface area contributed by atoms with E-state index >= 15 is 0 Å². The summed E-state index contributed by atoms with van der Waals surface area (Å²) < 4.78 is 21.2. The van der Waals surface area contributed by atoms with Crippen LogP contribution in [0.4, 0.5) is 4.39 Å². The highest BCUT2D eigenvalue weighted by molar-refractivity contribution is 5.13. The molecule has 4 rings (SSSR count). The van der Waals surface area contributed by atoms with Crippen LogP contribution < -0.4 is 0 Å². The quantitative estimate of drug-likeness (QED) is 0.651. The van der Waals surface area contributed by atoms with Crippen LogP contribution in [0.1, 0.15) is 35.0 Å². The van der Waals surface area contributed by atoms with Crippen molar-refractivity contribution >= 4 is 0 Å². The Labute approximate surface area is 163 Å². The number of hydrogen-bond acceptors (Lipinski definition) is 6. The molecule has 0 saturated heterocycles. The molecule has 0 radical (unpaired) electrons. The zero-order valence-electron chi connectivity index (χ0n) is 16.3. The summed E-state index contributed by atoms with van der Waals surface area (Å²) in [6, 6.07) is 7.19. The van der Waals surface area contributed by atoms with Crippen molar-refractivity contribution in [2.24, 2.45) is 0 Å². The van der Waals surface area contributed by atoms with Gasteiger partial charge in [0.2, 0.25) is 0 Å². The van der Waals surface area contributed by atoms with Gasteiger partial charge in [0.15, 0.2) is 0 Å². The minimum absolute atomic E-state index is 0.245. The second kappa shape index (κ2) is 8.20. The number of hydrogen-bond donors (Lipinski definition) is 0. The monoisotopic (exact) mass is 384 g/mol. The van der Waals surface area contributed by atoms with Gasteiger partial charge in [-0.05, 0) is 38.6 Å². The van der Waals surface area contributed by atoms with Gasteiger partial charge in [-0.1, -0.05) is 5.16 Å². The third kappa shape index (κ3) is 4.45. The summed E-state index contributed by atoms with van der Waals surface area (Å²) in [5, 5.41) is 8.82. The lowest BCUT2D eigenvalue weighted by atomic mass is 10.2. The second-order valence-electron chi connectivity index (χ2n) is 7.45. The molecule has 0 amide bonds. The Morgan fingerprint density at radius 1 is 1.21 bits per heavy atom. The van der Waals surface area contributed by atoms with E-state index < -0.39 is 0 Å². The number of aryl methyl sites for hydroxylation is 2. The first-order valence-corrected chi connectivity index (χ1v) is 9.55. The van der Waals surface area contributed by atoms with Gasteiger partial charge in [0.25, 0.3) is 0 Å². The first kappa shape index (κ1) is 18.8. The maximum absolute atomic E-state index is 13.9. The van der Waals surface area contributed by atoms with Gasteiger partial charge in [0.05, 0.1) is 22.8 Å². The minimum atomic E-state index is -0.245. The highest BCUT2D eigenvalue weighted by Gasteiger charge is 2.19. The molecule has 148 valence electrons. The summed E-state index contributed by atoms with van der Waals surface area (Å²) in [6.07, 6.45) is 2.63. The van der Waals surface area contributed by atoms with Crippen LogP contribution in [0, 0.1) is 12.7 Å². The van der Waals surface area contributed by atoms with E-state index in [1.807, 2.05) is 20.0 Å². The van der Waals surface area contributed by atoms with Crippen LogP contribution in [-0.4, -0.2) is 43.3 Å². The summed E-state index contributed by atoms with van der Waals surface area (Å²) >= 11 is 0. The van der Waals surface area contributed by atoms with Crippen molar-refractivity contribution in [1.82, 2.24) is 29.7 Å². The molecule has 3 aromatic heterocycles. The van der Waals surface area contributed by atoms with E-state index in [2.05, 4.69) is 30.7 Å². The van der Waals surface area contributed by atoms with Gasteiger partial charge < -0.3 is 4.52 Å². The number of halogens is 1. The van der Waals surface area contributed by atoms with E-state index in [-0.39, 0.29) is 5.82 Å². The van der Waals surface area contributed by atoms with Crippen LogP contribution in [-0.2, 0) is 32.7 Å². The zero-order chi connectivity index (χ0) is 19.5. The molecular weight excluding hydrogens is 359 g/mol. The summed E-state index contributed by atoms with van der Waals surface area (Å²) in [5.41, 5.74) is 3.61. The molecule has 7 nitrogen and oxygen atoms in total. The van der Waals surface area contributed by atoms with Crippen LogP contribution in [0.2, 0.25) is 0 Å². The molecule has 3 aromatic rings. The first-order valence-electron chi connectivity index (χ1n) is 9.55. The number of nitrogens with zero attached hydrogens (tertiary/aromatic N) is 6. The summed E-state index contributed by atoms with van der Waals surface area (Å²) in [5.74, 6) is 0.576. The second-order valence-corrected chi connectivity index (χ2v) is 7.45. The minimum Gasteiger partial charge on any atom is -0.361 e. The van der Waals surface area contributed by atoms with Crippen molar-refractivity contribution in [3.05, 3.63) is 64.8 Å². The largest absolute Gasteiger partial charge is 0.361 e. The van der Waals surface area contributed by atoms with Crippen LogP contribution in [0.3, 0.4) is 0 Å². The maximum Gasteiger partial charge on any atom is 0.146 e. The van der Waals surface area contributed by atoms with Crippen LogP contribution in [0.5, 0.6) is 0 Å². The van der Waals surface area contributed by atoms with Crippen LogP contribution in [0.25, 0.3) is 0 Å². The van der Waals surface area contributed by atoms with Crippen LogP contribution in [0.15, 0.2) is 35.0 Å². The molecule has 8 heteroatoms. The number of pyridine rings is 1. The van der Waals surface area contributed by atoms with E-state index in [0.29, 0.717) is 18.8 Å². The topological polar surface area (TPSA) is 63.2 Å². The summed E-state index contributed by atoms with van der Waals surface area (Å²) in [6.45, 7) is 6.38. The average molecular weight is 384 g/mol. The van der Waals surface area contributed by atoms with E-state index in [1.165, 1.54) is 6.07 Å². The lowest BCUT2D eigenvalue weighted by molar-refractivity contribution is 0.253. The Bertz CT molecular complexity index is 936. The Hall–Kier alpha value is -2.58. The molecule has 0 fully saturated rings. The van der Waals surface area contributed by atoms with Gasteiger partial charge in [0, 0.05) is 51.5 Å².